The van der Waals surface area contributed by atoms with Crippen LogP contribution in [0.5, 0.6) is 0 Å². The van der Waals surface area contributed by atoms with E-state index in [4.69, 9.17) is 4.98 Å². The molecule has 0 amide bonds. The molecule has 1 aliphatic carbocycles. The number of nitrogens with zero attached hydrogens (tertiary/aromatic N) is 2. The summed E-state index contributed by atoms with van der Waals surface area (Å²) < 4.78 is 0. The molecule has 0 bridgehead atoms. The number of hydrogen-bond donors (Lipinski definition) is 1. The Balaban J connectivity index is 1.52. The van der Waals surface area contributed by atoms with Crippen molar-refractivity contribution in [2.75, 3.05) is 11.4 Å². The maximum absolute atomic E-state index is 11.7. The largest absolute Gasteiger partial charge is 0.385 e. The van der Waals surface area contributed by atoms with Crippen molar-refractivity contribution in [3.63, 3.8) is 0 Å². The normalized spacial score (nSPS) is 28.1. The SMILES string of the molecule is O[C@@]1(c2ccccc2)CCN(c2ccc3ccccc3n2)[C@@H]2CCCC[C@@H]21. The van der Waals surface area contributed by atoms with Crippen molar-refractivity contribution in [3.05, 3.63) is 72.3 Å². The van der Waals surface area contributed by atoms with E-state index in [1.54, 1.807) is 0 Å². The summed E-state index contributed by atoms with van der Waals surface area (Å²) in [7, 11) is 0. The first kappa shape index (κ1) is 16.8. The Morgan fingerprint density at radius 3 is 2.56 bits per heavy atom. The van der Waals surface area contributed by atoms with Crippen molar-refractivity contribution >= 4 is 16.7 Å². The smallest absolute Gasteiger partial charge is 0.129 e. The number of benzene rings is 2. The second-order valence-corrected chi connectivity index (χ2v) is 8.05. The second kappa shape index (κ2) is 6.65. The van der Waals surface area contributed by atoms with E-state index in [1.807, 2.05) is 24.3 Å². The van der Waals surface area contributed by atoms with E-state index in [0.29, 0.717) is 6.04 Å². The highest BCUT2D eigenvalue weighted by molar-refractivity contribution is 5.80. The maximum Gasteiger partial charge on any atom is 0.129 e. The molecule has 0 unspecified atom stereocenters. The summed E-state index contributed by atoms with van der Waals surface area (Å²) in [5.74, 6) is 1.32. The first-order chi connectivity index (χ1) is 13.3. The molecule has 3 nitrogen and oxygen atoms in total. The third-order valence-corrected chi connectivity index (χ3v) is 6.63. The lowest BCUT2D eigenvalue weighted by Crippen LogP contribution is -2.57. The Morgan fingerprint density at radius 2 is 1.67 bits per heavy atom. The molecule has 138 valence electrons. The Kier molecular flexibility index (Phi) is 4.13. The zero-order valence-electron chi connectivity index (χ0n) is 15.6. The van der Waals surface area contributed by atoms with Gasteiger partial charge >= 0.3 is 0 Å². The third kappa shape index (κ3) is 2.81. The number of rotatable bonds is 2. The van der Waals surface area contributed by atoms with E-state index in [1.165, 1.54) is 18.2 Å². The molecule has 1 saturated heterocycles. The van der Waals surface area contributed by atoms with Gasteiger partial charge in [-0.3, -0.25) is 0 Å². The van der Waals surface area contributed by atoms with Crippen LogP contribution in [0.3, 0.4) is 0 Å². The minimum Gasteiger partial charge on any atom is -0.385 e. The second-order valence-electron chi connectivity index (χ2n) is 8.05. The van der Waals surface area contributed by atoms with E-state index in [-0.39, 0.29) is 5.92 Å². The lowest BCUT2D eigenvalue weighted by Gasteiger charge is -2.53. The Hall–Kier alpha value is -2.39. The lowest BCUT2D eigenvalue weighted by atomic mass is 9.66. The number of hydrogen-bond acceptors (Lipinski definition) is 3. The molecule has 0 spiro atoms. The maximum atomic E-state index is 11.7. The van der Waals surface area contributed by atoms with Crippen LogP contribution in [0.15, 0.2) is 66.7 Å². The van der Waals surface area contributed by atoms with Gasteiger partial charge in [-0.25, -0.2) is 4.98 Å². The minimum absolute atomic E-state index is 0.260. The van der Waals surface area contributed by atoms with Gasteiger partial charge in [0.1, 0.15) is 5.82 Å². The van der Waals surface area contributed by atoms with Crippen LogP contribution in [0, 0.1) is 5.92 Å². The Labute approximate surface area is 160 Å². The molecule has 2 fully saturated rings. The molecular formula is C24H26N2O. The zero-order chi connectivity index (χ0) is 18.3. The molecule has 3 atom stereocenters. The van der Waals surface area contributed by atoms with Crippen LogP contribution in [-0.4, -0.2) is 22.7 Å². The van der Waals surface area contributed by atoms with Crippen molar-refractivity contribution in [1.82, 2.24) is 4.98 Å². The average Bonchev–Trinajstić information content (AvgIpc) is 2.74. The molecule has 1 aliphatic heterocycles. The fourth-order valence-electron chi connectivity index (χ4n) is 5.27. The summed E-state index contributed by atoms with van der Waals surface area (Å²) in [4.78, 5) is 7.42. The number of pyridine rings is 1. The number of para-hydroxylation sites is 1. The van der Waals surface area contributed by atoms with Gasteiger partial charge in [0, 0.05) is 23.9 Å². The summed E-state index contributed by atoms with van der Waals surface area (Å²) in [6.07, 6.45) is 5.41. The van der Waals surface area contributed by atoms with Gasteiger partial charge in [-0.05, 0) is 43.0 Å². The predicted molar refractivity (Wildman–Crippen MR) is 110 cm³/mol. The summed E-state index contributed by atoms with van der Waals surface area (Å²) in [5, 5.41) is 12.9. The molecule has 0 radical (unpaired) electrons. The van der Waals surface area contributed by atoms with Gasteiger partial charge in [-0.2, -0.15) is 0 Å². The van der Waals surface area contributed by atoms with Crippen molar-refractivity contribution < 1.29 is 5.11 Å². The van der Waals surface area contributed by atoms with Crippen molar-refractivity contribution in [2.24, 2.45) is 5.92 Å². The van der Waals surface area contributed by atoms with Crippen molar-refractivity contribution in [3.8, 4) is 0 Å². The Morgan fingerprint density at radius 1 is 0.889 bits per heavy atom. The van der Waals surface area contributed by atoms with Gasteiger partial charge in [0.25, 0.3) is 0 Å². The van der Waals surface area contributed by atoms with Gasteiger partial charge in [0.2, 0.25) is 0 Å². The van der Waals surface area contributed by atoms with Crippen LogP contribution in [-0.2, 0) is 5.60 Å². The zero-order valence-corrected chi connectivity index (χ0v) is 15.6. The predicted octanol–water partition coefficient (Wildman–Crippen LogP) is 4.89. The molecule has 1 N–H and O–H groups in total. The molecule has 5 rings (SSSR count). The fraction of sp³-hybridized carbons (Fsp3) is 0.375. The monoisotopic (exact) mass is 358 g/mol. The van der Waals surface area contributed by atoms with Crippen LogP contribution in [0.25, 0.3) is 10.9 Å². The highest BCUT2D eigenvalue weighted by Gasteiger charge is 2.49. The molecule has 3 aromatic rings. The number of piperidine rings is 1. The highest BCUT2D eigenvalue weighted by Crippen LogP contribution is 2.47. The highest BCUT2D eigenvalue weighted by atomic mass is 16.3. The van der Waals surface area contributed by atoms with E-state index in [9.17, 15) is 5.11 Å². The lowest BCUT2D eigenvalue weighted by molar-refractivity contribution is -0.0690. The van der Waals surface area contributed by atoms with Crippen LogP contribution >= 0.6 is 0 Å². The molecule has 2 heterocycles. The Bertz CT molecular complexity index is 941. The molecule has 3 heteroatoms. The van der Waals surface area contributed by atoms with Gasteiger partial charge < -0.3 is 10.0 Å². The fourth-order valence-corrected chi connectivity index (χ4v) is 5.27. The van der Waals surface area contributed by atoms with Crippen molar-refractivity contribution in [2.45, 2.75) is 43.7 Å². The summed E-state index contributed by atoms with van der Waals surface area (Å²) >= 11 is 0. The molecule has 2 aliphatic rings. The standard InChI is InChI=1S/C24H26N2O/c27-24(19-9-2-1-3-10-19)16-17-26(22-13-7-5-11-20(22)24)23-15-14-18-8-4-6-12-21(18)25-23/h1-4,6,8-10,12,14-15,20,22,27H,5,7,11,13,16-17H2/t20-,22+,24+/m0/s1. The van der Waals surface area contributed by atoms with Crippen molar-refractivity contribution in [1.29, 1.82) is 0 Å². The van der Waals surface area contributed by atoms with Gasteiger partial charge in [0.05, 0.1) is 11.1 Å². The quantitative estimate of drug-likeness (QED) is 0.708. The van der Waals surface area contributed by atoms with E-state index >= 15 is 0 Å². The van der Waals surface area contributed by atoms with E-state index < -0.39 is 5.60 Å². The van der Waals surface area contributed by atoms with Crippen LogP contribution in [0.1, 0.15) is 37.7 Å². The number of fused-ring (bicyclic) bond motifs is 2. The van der Waals surface area contributed by atoms with E-state index in [2.05, 4.69) is 47.4 Å². The van der Waals surface area contributed by atoms with Gasteiger partial charge in [-0.15, -0.1) is 0 Å². The molecule has 27 heavy (non-hydrogen) atoms. The number of aliphatic hydroxyl groups is 1. The number of aromatic nitrogens is 1. The van der Waals surface area contributed by atoms with E-state index in [0.717, 1.165) is 42.7 Å². The first-order valence-electron chi connectivity index (χ1n) is 10.2. The summed E-state index contributed by atoms with van der Waals surface area (Å²) in [6, 6.07) is 23.3. The third-order valence-electron chi connectivity index (χ3n) is 6.63. The average molecular weight is 358 g/mol. The molecular weight excluding hydrogens is 332 g/mol. The summed E-state index contributed by atoms with van der Waals surface area (Å²) in [5.41, 5.74) is 1.40. The molecule has 2 aromatic carbocycles. The first-order valence-corrected chi connectivity index (χ1v) is 10.2. The summed E-state index contributed by atoms with van der Waals surface area (Å²) in [6.45, 7) is 0.845. The van der Waals surface area contributed by atoms with Crippen LogP contribution in [0.2, 0.25) is 0 Å². The van der Waals surface area contributed by atoms with Crippen LogP contribution in [0.4, 0.5) is 5.82 Å². The van der Waals surface area contributed by atoms with Crippen LogP contribution < -0.4 is 4.90 Å². The van der Waals surface area contributed by atoms with Gasteiger partial charge in [-0.1, -0.05) is 61.4 Å². The van der Waals surface area contributed by atoms with Gasteiger partial charge in [0.15, 0.2) is 0 Å². The molecule has 1 aromatic heterocycles. The number of anilines is 1. The minimum atomic E-state index is -0.723. The topological polar surface area (TPSA) is 36.4 Å². The molecule has 1 saturated carbocycles.